The number of ketones is 1. The van der Waals surface area contributed by atoms with Crippen LogP contribution in [-0.2, 0) is 4.79 Å². The smallest absolute Gasteiger partial charge is 0.262 e. The van der Waals surface area contributed by atoms with E-state index in [1.54, 1.807) is 48.5 Å². The summed E-state index contributed by atoms with van der Waals surface area (Å²) in [6.45, 7) is -0.113. The quantitative estimate of drug-likeness (QED) is 0.600. The largest absolute Gasteiger partial charge is 0.484 e. The number of nitrogens with one attached hydrogen (secondary N) is 1. The van der Waals surface area contributed by atoms with Crippen molar-refractivity contribution in [2.45, 2.75) is 0 Å². The van der Waals surface area contributed by atoms with Gasteiger partial charge >= 0.3 is 0 Å². The zero-order chi connectivity index (χ0) is 18.4. The lowest BCUT2D eigenvalue weighted by Gasteiger charge is -2.09. The van der Waals surface area contributed by atoms with Crippen LogP contribution in [0.2, 0.25) is 0 Å². The van der Waals surface area contributed by atoms with Crippen LogP contribution in [0.4, 0.5) is 5.69 Å². The minimum Gasteiger partial charge on any atom is -0.484 e. The lowest BCUT2D eigenvalue weighted by Crippen LogP contribution is -2.20. The zero-order valence-electron chi connectivity index (χ0n) is 13.8. The Hall–Kier alpha value is -2.92. The summed E-state index contributed by atoms with van der Waals surface area (Å²) in [5, 5.41) is 2.74. The summed E-state index contributed by atoms with van der Waals surface area (Å²) >= 11 is 3.34. The first-order chi connectivity index (χ1) is 12.6. The molecule has 3 rings (SSSR count). The van der Waals surface area contributed by atoms with Crippen LogP contribution in [0.3, 0.4) is 0 Å². The van der Waals surface area contributed by atoms with E-state index in [0.29, 0.717) is 22.6 Å². The van der Waals surface area contributed by atoms with Gasteiger partial charge in [0.2, 0.25) is 0 Å². The van der Waals surface area contributed by atoms with Gasteiger partial charge in [-0.2, -0.15) is 0 Å². The lowest BCUT2D eigenvalue weighted by molar-refractivity contribution is -0.118. The van der Waals surface area contributed by atoms with Crippen LogP contribution in [0.5, 0.6) is 5.75 Å². The first-order valence-corrected chi connectivity index (χ1v) is 8.79. The third-order valence-electron chi connectivity index (χ3n) is 3.63. The van der Waals surface area contributed by atoms with Crippen molar-refractivity contribution in [2.24, 2.45) is 0 Å². The molecule has 0 aliphatic carbocycles. The van der Waals surface area contributed by atoms with Gasteiger partial charge in [-0.15, -0.1) is 0 Å². The minimum atomic E-state index is -0.294. The number of ether oxygens (including phenoxy) is 1. The SMILES string of the molecule is O=C(COc1ccc(Br)cc1)Nc1cccc(C(=O)c2ccccc2)c1. The summed E-state index contributed by atoms with van der Waals surface area (Å²) in [4.78, 5) is 24.6. The summed E-state index contributed by atoms with van der Waals surface area (Å²) in [6.07, 6.45) is 0. The van der Waals surface area contributed by atoms with E-state index in [2.05, 4.69) is 21.2 Å². The first-order valence-electron chi connectivity index (χ1n) is 8.00. The molecule has 0 bridgehead atoms. The van der Waals surface area contributed by atoms with Gasteiger partial charge in [-0.05, 0) is 36.4 Å². The van der Waals surface area contributed by atoms with E-state index in [0.717, 1.165) is 4.47 Å². The minimum absolute atomic E-state index is 0.0900. The summed E-state index contributed by atoms with van der Waals surface area (Å²) in [7, 11) is 0. The molecule has 0 radical (unpaired) electrons. The maximum absolute atomic E-state index is 12.5. The van der Waals surface area contributed by atoms with Gasteiger partial charge in [-0.25, -0.2) is 0 Å². The molecular weight excluding hydrogens is 394 g/mol. The standard InChI is InChI=1S/C21H16BrNO3/c22-17-9-11-19(12-10-17)26-14-20(24)23-18-8-4-7-16(13-18)21(25)15-5-2-1-3-6-15/h1-13H,14H2,(H,23,24). The maximum atomic E-state index is 12.5. The predicted octanol–water partition coefficient (Wildman–Crippen LogP) is 4.70. The third kappa shape index (κ3) is 4.80. The molecule has 0 unspecified atom stereocenters. The summed E-state index contributed by atoms with van der Waals surface area (Å²) in [5.74, 6) is 0.224. The molecule has 0 saturated heterocycles. The third-order valence-corrected chi connectivity index (χ3v) is 4.16. The molecule has 1 N–H and O–H groups in total. The Kier molecular flexibility index (Phi) is 5.81. The van der Waals surface area contributed by atoms with Crippen LogP contribution in [0.25, 0.3) is 0 Å². The molecule has 0 aliphatic heterocycles. The average molecular weight is 410 g/mol. The number of carbonyl (C=O) groups excluding carboxylic acids is 2. The Bertz CT molecular complexity index is 908. The molecule has 0 aliphatic rings. The molecule has 1 amide bonds. The van der Waals surface area contributed by atoms with Crippen molar-refractivity contribution in [3.05, 3.63) is 94.5 Å². The van der Waals surface area contributed by atoms with Gasteiger partial charge in [0.1, 0.15) is 5.75 Å². The van der Waals surface area contributed by atoms with Crippen molar-refractivity contribution in [1.29, 1.82) is 0 Å². The van der Waals surface area contributed by atoms with E-state index in [4.69, 9.17) is 4.74 Å². The van der Waals surface area contributed by atoms with Gasteiger partial charge in [0.05, 0.1) is 0 Å². The van der Waals surface area contributed by atoms with Gasteiger partial charge in [-0.3, -0.25) is 9.59 Å². The fourth-order valence-corrected chi connectivity index (χ4v) is 2.64. The van der Waals surface area contributed by atoms with Crippen LogP contribution in [0, 0.1) is 0 Å². The highest BCUT2D eigenvalue weighted by Gasteiger charge is 2.10. The average Bonchev–Trinajstić information content (AvgIpc) is 2.68. The summed E-state index contributed by atoms with van der Waals surface area (Å²) in [5.41, 5.74) is 1.67. The number of hydrogen-bond acceptors (Lipinski definition) is 3. The monoisotopic (exact) mass is 409 g/mol. The number of rotatable bonds is 6. The Morgan fingerprint density at radius 1 is 0.846 bits per heavy atom. The highest BCUT2D eigenvalue weighted by Crippen LogP contribution is 2.17. The zero-order valence-corrected chi connectivity index (χ0v) is 15.4. The number of hydrogen-bond donors (Lipinski definition) is 1. The number of halogens is 1. The van der Waals surface area contributed by atoms with Crippen LogP contribution in [0.15, 0.2) is 83.3 Å². The Morgan fingerprint density at radius 3 is 2.27 bits per heavy atom. The van der Waals surface area contributed by atoms with E-state index < -0.39 is 0 Å². The predicted molar refractivity (Wildman–Crippen MR) is 105 cm³/mol. The van der Waals surface area contributed by atoms with E-state index in [1.165, 1.54) is 0 Å². The van der Waals surface area contributed by atoms with Crippen molar-refractivity contribution in [3.63, 3.8) is 0 Å². The van der Waals surface area contributed by atoms with Gasteiger partial charge in [0, 0.05) is 21.3 Å². The maximum Gasteiger partial charge on any atom is 0.262 e. The molecular formula is C21H16BrNO3. The number of carbonyl (C=O) groups is 2. The molecule has 26 heavy (non-hydrogen) atoms. The second-order valence-electron chi connectivity index (χ2n) is 5.57. The van der Waals surface area contributed by atoms with Crippen LogP contribution >= 0.6 is 15.9 Å². The molecule has 130 valence electrons. The highest BCUT2D eigenvalue weighted by molar-refractivity contribution is 9.10. The second-order valence-corrected chi connectivity index (χ2v) is 6.48. The topological polar surface area (TPSA) is 55.4 Å². The van der Waals surface area contributed by atoms with Crippen molar-refractivity contribution in [2.75, 3.05) is 11.9 Å². The van der Waals surface area contributed by atoms with Crippen LogP contribution in [-0.4, -0.2) is 18.3 Å². The van der Waals surface area contributed by atoms with Crippen molar-refractivity contribution >= 4 is 33.3 Å². The molecule has 3 aromatic carbocycles. The van der Waals surface area contributed by atoms with Gasteiger partial charge in [-0.1, -0.05) is 58.4 Å². The lowest BCUT2D eigenvalue weighted by atomic mass is 10.0. The molecule has 0 fully saturated rings. The Labute approximate surface area is 159 Å². The van der Waals surface area contributed by atoms with Crippen LogP contribution in [0.1, 0.15) is 15.9 Å². The molecule has 0 atom stereocenters. The molecule has 0 heterocycles. The molecule has 0 spiro atoms. The van der Waals surface area contributed by atoms with Crippen molar-refractivity contribution < 1.29 is 14.3 Å². The number of amides is 1. The number of anilines is 1. The summed E-state index contributed by atoms with van der Waals surface area (Å²) < 4.78 is 6.38. The molecule has 0 saturated carbocycles. The Morgan fingerprint density at radius 2 is 1.54 bits per heavy atom. The second kappa shape index (κ2) is 8.45. The van der Waals surface area contributed by atoms with Gasteiger partial charge in [0.15, 0.2) is 12.4 Å². The van der Waals surface area contributed by atoms with E-state index in [1.807, 2.05) is 30.3 Å². The van der Waals surface area contributed by atoms with E-state index in [-0.39, 0.29) is 18.3 Å². The molecule has 0 aromatic heterocycles. The fraction of sp³-hybridized carbons (Fsp3) is 0.0476. The van der Waals surface area contributed by atoms with E-state index >= 15 is 0 Å². The van der Waals surface area contributed by atoms with E-state index in [9.17, 15) is 9.59 Å². The molecule has 4 nitrogen and oxygen atoms in total. The van der Waals surface area contributed by atoms with Gasteiger partial charge < -0.3 is 10.1 Å². The normalized spacial score (nSPS) is 10.2. The number of benzene rings is 3. The highest BCUT2D eigenvalue weighted by atomic mass is 79.9. The Balaban J connectivity index is 1.62. The summed E-state index contributed by atoms with van der Waals surface area (Å²) in [6, 6.07) is 23.1. The van der Waals surface area contributed by atoms with Crippen LogP contribution < -0.4 is 10.1 Å². The first kappa shape index (κ1) is 17.9. The van der Waals surface area contributed by atoms with Gasteiger partial charge in [0.25, 0.3) is 5.91 Å². The molecule has 5 heteroatoms. The van der Waals surface area contributed by atoms with Crippen molar-refractivity contribution in [1.82, 2.24) is 0 Å². The molecule has 3 aromatic rings. The fourth-order valence-electron chi connectivity index (χ4n) is 2.37. The van der Waals surface area contributed by atoms with Crippen molar-refractivity contribution in [3.8, 4) is 5.75 Å².